The molecule has 3 aromatic rings. The Morgan fingerprint density at radius 2 is 1.82 bits per heavy atom. The number of benzene rings is 2. The van der Waals surface area contributed by atoms with E-state index in [1.54, 1.807) is 23.5 Å². The third-order valence-electron chi connectivity index (χ3n) is 5.43. The molecule has 2 aromatic carbocycles. The minimum Gasteiger partial charge on any atom is -0.336 e. The lowest BCUT2D eigenvalue weighted by Crippen LogP contribution is -2.50. The Hall–Kier alpha value is -2.47. The van der Waals surface area contributed by atoms with Crippen LogP contribution in [0.2, 0.25) is 0 Å². The minimum absolute atomic E-state index is 0.0864. The molecule has 1 fully saturated rings. The second kappa shape index (κ2) is 7.87. The van der Waals surface area contributed by atoms with Crippen molar-refractivity contribution in [2.24, 2.45) is 0 Å². The largest absolute Gasteiger partial charge is 0.336 e. The monoisotopic (exact) mass is 397 g/mol. The van der Waals surface area contributed by atoms with Crippen LogP contribution in [0.5, 0.6) is 0 Å². The van der Waals surface area contributed by atoms with E-state index in [1.807, 2.05) is 34.1 Å². The van der Waals surface area contributed by atoms with Gasteiger partial charge in [-0.15, -0.1) is 0 Å². The number of nitrogens with zero attached hydrogens (tertiary/aromatic N) is 3. The van der Waals surface area contributed by atoms with Crippen molar-refractivity contribution in [2.75, 3.05) is 11.4 Å². The van der Waals surface area contributed by atoms with Crippen LogP contribution in [-0.4, -0.2) is 34.4 Å². The van der Waals surface area contributed by atoms with Crippen LogP contribution >= 0.6 is 11.3 Å². The molecule has 2 atom stereocenters. The van der Waals surface area contributed by atoms with Crippen LogP contribution in [0.3, 0.4) is 0 Å². The maximum atomic E-state index is 13.5. The Bertz CT molecular complexity index is 928. The summed E-state index contributed by atoms with van der Waals surface area (Å²) in [6.45, 7) is 4.43. The third kappa shape index (κ3) is 3.74. The molecule has 0 N–H and O–H groups in total. The van der Waals surface area contributed by atoms with E-state index >= 15 is 0 Å². The predicted octanol–water partition coefficient (Wildman–Crippen LogP) is 5.36. The third-order valence-corrected chi connectivity index (χ3v) is 6.49. The molecule has 6 heteroatoms. The number of likely N-dealkylation sites (tertiary alicyclic amines) is 1. The second-order valence-electron chi connectivity index (χ2n) is 7.46. The number of halogens is 1. The van der Waals surface area contributed by atoms with Gasteiger partial charge in [0.05, 0.1) is 10.2 Å². The number of fused-ring (bicyclic) bond motifs is 1. The van der Waals surface area contributed by atoms with Gasteiger partial charge in [0.2, 0.25) is 5.91 Å². The highest BCUT2D eigenvalue weighted by Gasteiger charge is 2.30. The molecular formula is C22H24FN3OS. The SMILES string of the molecule is CC1CCCC(C)N1C(=O)CN(c1ccc(F)cc1)c1nc2ccccc2s1. The maximum absolute atomic E-state index is 13.5. The summed E-state index contributed by atoms with van der Waals surface area (Å²) in [7, 11) is 0. The van der Waals surface area contributed by atoms with Gasteiger partial charge in [0.15, 0.2) is 5.13 Å². The number of carbonyl (C=O) groups is 1. The first-order chi connectivity index (χ1) is 13.5. The summed E-state index contributed by atoms with van der Waals surface area (Å²) in [5.74, 6) is -0.208. The number of thiazole rings is 1. The molecule has 0 radical (unpaired) electrons. The average Bonchev–Trinajstić information content (AvgIpc) is 3.10. The second-order valence-corrected chi connectivity index (χ2v) is 8.47. The molecule has 0 aliphatic carbocycles. The van der Waals surface area contributed by atoms with Gasteiger partial charge in [0.1, 0.15) is 12.4 Å². The van der Waals surface area contributed by atoms with Crippen molar-refractivity contribution in [1.82, 2.24) is 9.88 Å². The van der Waals surface area contributed by atoms with Crippen LogP contribution in [0.15, 0.2) is 48.5 Å². The average molecular weight is 398 g/mol. The summed E-state index contributed by atoms with van der Waals surface area (Å²) >= 11 is 1.54. The van der Waals surface area contributed by atoms with Gasteiger partial charge in [-0.2, -0.15) is 0 Å². The first-order valence-corrected chi connectivity index (χ1v) is 10.5. The zero-order chi connectivity index (χ0) is 19.7. The molecule has 2 heterocycles. The number of hydrogen-bond acceptors (Lipinski definition) is 4. The molecule has 146 valence electrons. The number of rotatable bonds is 4. The van der Waals surface area contributed by atoms with Gasteiger partial charge in [-0.1, -0.05) is 23.5 Å². The zero-order valence-electron chi connectivity index (χ0n) is 16.1. The summed E-state index contributed by atoms with van der Waals surface area (Å²) in [5.41, 5.74) is 1.67. The van der Waals surface area contributed by atoms with E-state index in [9.17, 15) is 9.18 Å². The van der Waals surface area contributed by atoms with Gasteiger partial charge >= 0.3 is 0 Å². The van der Waals surface area contributed by atoms with Gasteiger partial charge in [-0.3, -0.25) is 4.79 Å². The van der Waals surface area contributed by atoms with Gasteiger partial charge in [-0.05, 0) is 69.5 Å². The molecule has 1 aliphatic heterocycles. The highest BCUT2D eigenvalue weighted by Crippen LogP contribution is 2.34. The number of amides is 1. The van der Waals surface area contributed by atoms with Crippen LogP contribution in [0.25, 0.3) is 10.2 Å². The van der Waals surface area contributed by atoms with Gasteiger partial charge < -0.3 is 9.80 Å². The van der Waals surface area contributed by atoms with Crippen molar-refractivity contribution >= 4 is 38.3 Å². The van der Waals surface area contributed by atoms with Gasteiger partial charge in [-0.25, -0.2) is 9.37 Å². The molecule has 1 aliphatic rings. The summed E-state index contributed by atoms with van der Waals surface area (Å²) in [5, 5.41) is 0.749. The van der Waals surface area contributed by atoms with Crippen LogP contribution in [0.4, 0.5) is 15.2 Å². The predicted molar refractivity (Wildman–Crippen MR) is 113 cm³/mol. The molecule has 0 saturated carbocycles. The highest BCUT2D eigenvalue weighted by molar-refractivity contribution is 7.22. The molecule has 4 rings (SSSR count). The summed E-state index contributed by atoms with van der Waals surface area (Å²) in [6, 6.07) is 14.7. The number of hydrogen-bond donors (Lipinski definition) is 0. The van der Waals surface area contributed by atoms with Crippen LogP contribution in [-0.2, 0) is 4.79 Å². The Kier molecular flexibility index (Phi) is 5.31. The Morgan fingerprint density at radius 1 is 1.14 bits per heavy atom. The van der Waals surface area contributed by atoms with E-state index < -0.39 is 0 Å². The fourth-order valence-corrected chi connectivity index (χ4v) is 4.98. The molecular weight excluding hydrogens is 373 g/mol. The molecule has 1 saturated heterocycles. The Morgan fingerprint density at radius 3 is 2.50 bits per heavy atom. The van der Waals surface area contributed by atoms with Crippen molar-refractivity contribution in [1.29, 1.82) is 0 Å². The Labute approximate surface area is 168 Å². The van der Waals surface area contributed by atoms with Crippen LogP contribution in [0, 0.1) is 5.82 Å². The van der Waals surface area contributed by atoms with Crippen molar-refractivity contribution in [2.45, 2.75) is 45.2 Å². The van der Waals surface area contributed by atoms with E-state index in [2.05, 4.69) is 13.8 Å². The van der Waals surface area contributed by atoms with E-state index in [-0.39, 0.29) is 30.4 Å². The number of para-hydroxylation sites is 1. The summed E-state index contributed by atoms with van der Waals surface area (Å²) in [6.07, 6.45) is 3.23. The number of piperidine rings is 1. The topological polar surface area (TPSA) is 36.4 Å². The van der Waals surface area contributed by atoms with Crippen molar-refractivity contribution in [3.05, 3.63) is 54.3 Å². The van der Waals surface area contributed by atoms with E-state index in [0.717, 1.165) is 40.3 Å². The first kappa shape index (κ1) is 18.9. The number of aromatic nitrogens is 1. The van der Waals surface area contributed by atoms with Gasteiger partial charge in [0.25, 0.3) is 0 Å². The molecule has 2 unspecified atom stereocenters. The molecule has 28 heavy (non-hydrogen) atoms. The lowest BCUT2D eigenvalue weighted by atomic mass is 9.97. The molecule has 1 aromatic heterocycles. The van der Waals surface area contributed by atoms with Crippen molar-refractivity contribution < 1.29 is 9.18 Å². The van der Waals surface area contributed by atoms with E-state index in [4.69, 9.17) is 4.98 Å². The van der Waals surface area contributed by atoms with Gasteiger partial charge in [0, 0.05) is 17.8 Å². The van der Waals surface area contributed by atoms with E-state index in [0.29, 0.717) is 0 Å². The number of carbonyl (C=O) groups excluding carboxylic acids is 1. The summed E-state index contributed by atoms with van der Waals surface area (Å²) in [4.78, 5) is 21.9. The fraction of sp³-hybridized carbons (Fsp3) is 0.364. The smallest absolute Gasteiger partial charge is 0.243 e. The van der Waals surface area contributed by atoms with Crippen LogP contribution < -0.4 is 4.90 Å². The molecule has 4 nitrogen and oxygen atoms in total. The molecule has 0 spiro atoms. The van der Waals surface area contributed by atoms with Crippen LogP contribution in [0.1, 0.15) is 33.1 Å². The lowest BCUT2D eigenvalue weighted by Gasteiger charge is -2.40. The molecule has 1 amide bonds. The van der Waals surface area contributed by atoms with Crippen molar-refractivity contribution in [3.63, 3.8) is 0 Å². The maximum Gasteiger partial charge on any atom is 0.243 e. The molecule has 0 bridgehead atoms. The first-order valence-electron chi connectivity index (χ1n) is 9.73. The normalized spacial score (nSPS) is 19.8. The minimum atomic E-state index is -0.294. The standard InChI is InChI=1S/C22H24FN3OS/c1-15-6-5-7-16(2)26(15)21(27)14-25(18-12-10-17(23)11-13-18)22-24-19-8-3-4-9-20(19)28-22/h3-4,8-13,15-16H,5-7,14H2,1-2H3. The number of anilines is 2. The summed E-state index contributed by atoms with van der Waals surface area (Å²) < 4.78 is 14.5. The Balaban J connectivity index is 1.68. The fourth-order valence-electron chi connectivity index (χ4n) is 4.00. The van der Waals surface area contributed by atoms with E-state index in [1.165, 1.54) is 12.1 Å². The van der Waals surface area contributed by atoms with Crippen molar-refractivity contribution in [3.8, 4) is 0 Å². The highest BCUT2D eigenvalue weighted by atomic mass is 32.1. The zero-order valence-corrected chi connectivity index (χ0v) is 17.0. The quantitative estimate of drug-likeness (QED) is 0.594. The lowest BCUT2D eigenvalue weighted by molar-refractivity contribution is -0.135.